The second-order valence-corrected chi connectivity index (χ2v) is 10.9. The Morgan fingerprint density at radius 2 is 1.68 bits per heavy atom. The van der Waals surface area contributed by atoms with Crippen LogP contribution in [0.1, 0.15) is 84.0 Å². The number of hydrogen-bond donors (Lipinski definition) is 3. The zero-order valence-corrected chi connectivity index (χ0v) is 17.6. The average molecular weight is 389 g/mol. The molecule has 28 heavy (non-hydrogen) atoms. The zero-order valence-electron chi connectivity index (χ0n) is 17.6. The van der Waals surface area contributed by atoms with Gasteiger partial charge in [-0.15, -0.1) is 0 Å². The Morgan fingerprint density at radius 1 is 0.929 bits per heavy atom. The van der Waals surface area contributed by atoms with Crippen LogP contribution in [-0.4, -0.2) is 35.2 Å². The number of nitrogens with one attached hydrogen (secondary N) is 2. The minimum Gasteiger partial charge on any atom is -0.392 e. The molecular weight excluding hydrogens is 348 g/mol. The molecule has 0 spiro atoms. The third-order valence-electron chi connectivity index (χ3n) is 9.47. The first kappa shape index (κ1) is 19.4. The van der Waals surface area contributed by atoms with Crippen LogP contribution in [0, 0.1) is 35.5 Å². The van der Waals surface area contributed by atoms with Gasteiger partial charge >= 0.3 is 0 Å². The Bertz CT molecular complexity index is 573. The standard InChI is InChI=1S/C24H40N2O2/c1-14-21-15(11-12-18-17-9-5-6-10-20(17)26-22(18)21)13-19(23(14)27)24(28)25-16-7-3-2-4-8-16/h14-23,26-27H,2-13H2,1H3,(H,25,28). The molecule has 5 fully saturated rings. The molecule has 4 nitrogen and oxygen atoms in total. The number of amides is 1. The fraction of sp³-hybridized carbons (Fsp3) is 0.958. The normalized spacial score (nSPS) is 49.0. The monoisotopic (exact) mass is 388 g/mol. The predicted molar refractivity (Wildman–Crippen MR) is 111 cm³/mol. The largest absolute Gasteiger partial charge is 0.392 e. The Labute approximate surface area is 170 Å². The fourth-order valence-corrected chi connectivity index (χ4v) is 8.11. The Kier molecular flexibility index (Phi) is 5.47. The van der Waals surface area contributed by atoms with E-state index in [2.05, 4.69) is 17.6 Å². The van der Waals surface area contributed by atoms with Crippen LogP contribution < -0.4 is 10.6 Å². The van der Waals surface area contributed by atoms with Crippen LogP contribution in [-0.2, 0) is 4.79 Å². The Morgan fingerprint density at radius 3 is 2.50 bits per heavy atom. The van der Waals surface area contributed by atoms with E-state index in [-0.39, 0.29) is 17.7 Å². The third-order valence-corrected chi connectivity index (χ3v) is 9.47. The van der Waals surface area contributed by atoms with Crippen molar-refractivity contribution < 1.29 is 9.90 Å². The summed E-state index contributed by atoms with van der Waals surface area (Å²) in [6.07, 6.45) is 14.6. The lowest BCUT2D eigenvalue weighted by Crippen LogP contribution is -2.57. The van der Waals surface area contributed by atoms with E-state index in [1.807, 2.05) is 0 Å². The molecule has 1 aliphatic heterocycles. The lowest BCUT2D eigenvalue weighted by molar-refractivity contribution is -0.139. The van der Waals surface area contributed by atoms with E-state index in [4.69, 9.17) is 0 Å². The molecule has 4 saturated carbocycles. The molecule has 9 unspecified atom stereocenters. The number of hydrogen-bond acceptors (Lipinski definition) is 3. The van der Waals surface area contributed by atoms with E-state index in [1.54, 1.807) is 0 Å². The number of aliphatic hydroxyl groups excluding tert-OH is 1. The van der Waals surface area contributed by atoms with Crippen molar-refractivity contribution in [2.24, 2.45) is 35.5 Å². The minimum absolute atomic E-state index is 0.139. The van der Waals surface area contributed by atoms with Crippen molar-refractivity contribution >= 4 is 5.91 Å². The van der Waals surface area contributed by atoms with Gasteiger partial charge in [-0.05, 0) is 74.5 Å². The maximum Gasteiger partial charge on any atom is 0.225 e. The van der Waals surface area contributed by atoms with Crippen molar-refractivity contribution in [1.29, 1.82) is 0 Å². The molecule has 3 N–H and O–H groups in total. The molecule has 4 heteroatoms. The van der Waals surface area contributed by atoms with Crippen LogP contribution in [0.2, 0.25) is 0 Å². The van der Waals surface area contributed by atoms with E-state index in [9.17, 15) is 9.90 Å². The van der Waals surface area contributed by atoms with Crippen molar-refractivity contribution in [2.75, 3.05) is 0 Å². The Balaban J connectivity index is 1.28. The van der Waals surface area contributed by atoms with E-state index in [1.165, 1.54) is 57.8 Å². The summed E-state index contributed by atoms with van der Waals surface area (Å²) in [6, 6.07) is 1.65. The lowest BCUT2D eigenvalue weighted by atomic mass is 9.56. The number of fused-ring (bicyclic) bond motifs is 5. The molecule has 5 aliphatic rings. The van der Waals surface area contributed by atoms with Gasteiger partial charge in [0.25, 0.3) is 0 Å². The molecule has 0 aromatic carbocycles. The quantitative estimate of drug-likeness (QED) is 0.677. The van der Waals surface area contributed by atoms with Crippen molar-refractivity contribution in [3.8, 4) is 0 Å². The molecule has 1 amide bonds. The topological polar surface area (TPSA) is 61.4 Å². The number of aliphatic hydroxyl groups is 1. The number of carbonyl (C=O) groups excluding carboxylic acids is 1. The van der Waals surface area contributed by atoms with Gasteiger partial charge in [-0.25, -0.2) is 0 Å². The summed E-state index contributed by atoms with van der Waals surface area (Å²) < 4.78 is 0. The van der Waals surface area contributed by atoms with Crippen LogP contribution >= 0.6 is 0 Å². The molecule has 0 bridgehead atoms. The highest BCUT2D eigenvalue weighted by Gasteiger charge is 2.56. The predicted octanol–water partition coefficient (Wildman–Crippen LogP) is 3.63. The van der Waals surface area contributed by atoms with Crippen LogP contribution in [0.15, 0.2) is 0 Å². The maximum absolute atomic E-state index is 13.0. The van der Waals surface area contributed by atoms with Gasteiger partial charge in [0.05, 0.1) is 12.0 Å². The molecule has 1 heterocycles. The van der Waals surface area contributed by atoms with Crippen LogP contribution in [0.4, 0.5) is 0 Å². The molecule has 0 radical (unpaired) electrons. The number of rotatable bonds is 2. The lowest BCUT2D eigenvalue weighted by Gasteiger charge is -2.51. The SMILES string of the molecule is CC1C(O)C(C(=O)NC2CCCCC2)CC2CCC3C4CCCCC4NC3C21. The average Bonchev–Trinajstić information content (AvgIpc) is 3.09. The highest BCUT2D eigenvalue weighted by atomic mass is 16.3. The van der Waals surface area contributed by atoms with E-state index in [0.717, 1.165) is 37.1 Å². The molecular formula is C24H40N2O2. The van der Waals surface area contributed by atoms with Crippen LogP contribution in [0.5, 0.6) is 0 Å². The third kappa shape index (κ3) is 3.33. The second kappa shape index (κ2) is 7.91. The van der Waals surface area contributed by atoms with Crippen molar-refractivity contribution in [3.05, 3.63) is 0 Å². The molecule has 5 rings (SSSR count). The summed E-state index contributed by atoms with van der Waals surface area (Å²) in [6.45, 7) is 2.23. The molecule has 9 atom stereocenters. The first-order chi connectivity index (χ1) is 13.6. The van der Waals surface area contributed by atoms with E-state index >= 15 is 0 Å². The smallest absolute Gasteiger partial charge is 0.225 e. The van der Waals surface area contributed by atoms with Gasteiger partial charge in [-0.2, -0.15) is 0 Å². The van der Waals surface area contributed by atoms with Gasteiger partial charge in [0.15, 0.2) is 0 Å². The molecule has 158 valence electrons. The van der Waals surface area contributed by atoms with E-state index < -0.39 is 6.10 Å². The molecule has 1 saturated heterocycles. The molecule has 0 aromatic heterocycles. The summed E-state index contributed by atoms with van der Waals surface area (Å²) >= 11 is 0. The Hall–Kier alpha value is -0.610. The van der Waals surface area contributed by atoms with Gasteiger partial charge in [-0.3, -0.25) is 4.79 Å². The van der Waals surface area contributed by atoms with Gasteiger partial charge < -0.3 is 15.7 Å². The first-order valence-electron chi connectivity index (χ1n) is 12.4. The first-order valence-corrected chi connectivity index (χ1v) is 12.4. The van der Waals surface area contributed by atoms with Gasteiger partial charge in [0.1, 0.15) is 0 Å². The van der Waals surface area contributed by atoms with Crippen molar-refractivity contribution in [1.82, 2.24) is 10.6 Å². The van der Waals surface area contributed by atoms with Crippen LogP contribution in [0.25, 0.3) is 0 Å². The van der Waals surface area contributed by atoms with Gasteiger partial charge in [0, 0.05) is 18.1 Å². The van der Waals surface area contributed by atoms with Crippen molar-refractivity contribution in [3.63, 3.8) is 0 Å². The minimum atomic E-state index is -0.479. The van der Waals surface area contributed by atoms with E-state index in [0.29, 0.717) is 23.9 Å². The van der Waals surface area contributed by atoms with Crippen molar-refractivity contribution in [2.45, 2.75) is 108 Å². The van der Waals surface area contributed by atoms with Crippen LogP contribution in [0.3, 0.4) is 0 Å². The zero-order chi connectivity index (χ0) is 19.3. The summed E-state index contributed by atoms with van der Waals surface area (Å²) in [5, 5.41) is 18.5. The summed E-state index contributed by atoms with van der Waals surface area (Å²) in [4.78, 5) is 13.0. The summed E-state index contributed by atoms with van der Waals surface area (Å²) in [7, 11) is 0. The fourth-order valence-electron chi connectivity index (χ4n) is 8.11. The highest BCUT2D eigenvalue weighted by Crippen LogP contribution is 2.53. The summed E-state index contributed by atoms with van der Waals surface area (Å²) in [5.74, 6) is 3.01. The molecule has 0 aromatic rings. The number of carbonyl (C=O) groups is 1. The maximum atomic E-state index is 13.0. The summed E-state index contributed by atoms with van der Waals surface area (Å²) in [5.41, 5.74) is 0. The van der Waals surface area contributed by atoms with Gasteiger partial charge in [0.2, 0.25) is 5.91 Å². The highest BCUT2D eigenvalue weighted by molar-refractivity contribution is 5.79. The second-order valence-electron chi connectivity index (χ2n) is 10.9. The van der Waals surface area contributed by atoms with Gasteiger partial charge in [-0.1, -0.05) is 39.0 Å². The molecule has 4 aliphatic carbocycles.